The van der Waals surface area contributed by atoms with Crippen molar-refractivity contribution in [3.63, 3.8) is 0 Å². The summed E-state index contributed by atoms with van der Waals surface area (Å²) in [6, 6.07) is 12.9. The van der Waals surface area contributed by atoms with Gasteiger partial charge in [-0.2, -0.15) is 0 Å². The van der Waals surface area contributed by atoms with Gasteiger partial charge in [0.05, 0.1) is 5.56 Å². The molecule has 0 spiro atoms. The second-order valence-corrected chi connectivity index (χ2v) is 9.05. The highest BCUT2D eigenvalue weighted by molar-refractivity contribution is 7.17. The molecule has 2 N–H and O–H groups in total. The summed E-state index contributed by atoms with van der Waals surface area (Å²) in [5, 5.41) is 8.59. The Morgan fingerprint density at radius 3 is 2.62 bits per heavy atom. The largest absolute Gasteiger partial charge is 0.422 e. The van der Waals surface area contributed by atoms with E-state index in [1.54, 1.807) is 19.2 Å². The molecule has 0 fully saturated rings. The second kappa shape index (κ2) is 8.24. The second-order valence-electron chi connectivity index (χ2n) is 7.95. The van der Waals surface area contributed by atoms with Crippen molar-refractivity contribution in [2.45, 2.75) is 32.1 Å². The van der Waals surface area contributed by atoms with Gasteiger partial charge in [0.2, 0.25) is 0 Å². The molecular formula is C25H22N2O4S. The van der Waals surface area contributed by atoms with Gasteiger partial charge in [-0.3, -0.25) is 9.59 Å². The number of hydrogen-bond donors (Lipinski definition) is 2. The third kappa shape index (κ3) is 3.48. The zero-order valence-corrected chi connectivity index (χ0v) is 18.4. The number of carbonyl (C=O) groups excluding carboxylic acids is 2. The predicted molar refractivity (Wildman–Crippen MR) is 127 cm³/mol. The fourth-order valence-electron chi connectivity index (χ4n) is 4.40. The first-order valence-electron chi connectivity index (χ1n) is 10.7. The molecule has 5 rings (SSSR count). The normalized spacial score (nSPS) is 13.5. The van der Waals surface area contributed by atoms with E-state index in [2.05, 4.69) is 10.6 Å². The monoisotopic (exact) mass is 446 g/mol. The highest BCUT2D eigenvalue weighted by Gasteiger charge is 2.26. The Labute approximate surface area is 188 Å². The van der Waals surface area contributed by atoms with Crippen LogP contribution in [-0.4, -0.2) is 18.9 Å². The molecule has 1 aliphatic rings. The quantitative estimate of drug-likeness (QED) is 0.266. The molecule has 162 valence electrons. The van der Waals surface area contributed by atoms with Crippen molar-refractivity contribution in [1.29, 1.82) is 0 Å². The van der Waals surface area contributed by atoms with Gasteiger partial charge in [-0.25, -0.2) is 4.79 Å². The Morgan fingerprint density at radius 1 is 0.969 bits per heavy atom. The van der Waals surface area contributed by atoms with Crippen LogP contribution in [-0.2, 0) is 12.8 Å². The van der Waals surface area contributed by atoms with Crippen LogP contribution in [0.1, 0.15) is 50.4 Å². The number of carbonyl (C=O) groups is 2. The minimum absolute atomic E-state index is 0.0831. The average Bonchev–Trinajstić information content (AvgIpc) is 2.97. The van der Waals surface area contributed by atoms with Gasteiger partial charge in [-0.1, -0.05) is 36.8 Å². The number of thiophene rings is 1. The lowest BCUT2D eigenvalue weighted by Gasteiger charge is -2.09. The zero-order valence-electron chi connectivity index (χ0n) is 17.6. The van der Waals surface area contributed by atoms with Crippen LogP contribution in [0.25, 0.3) is 21.7 Å². The van der Waals surface area contributed by atoms with Crippen LogP contribution in [0.15, 0.2) is 51.7 Å². The lowest BCUT2D eigenvalue weighted by atomic mass is 10.0. The number of amides is 2. The van der Waals surface area contributed by atoms with E-state index in [0.29, 0.717) is 21.5 Å². The Morgan fingerprint density at radius 2 is 1.78 bits per heavy atom. The van der Waals surface area contributed by atoms with Gasteiger partial charge in [0, 0.05) is 17.3 Å². The smallest absolute Gasteiger partial charge is 0.349 e. The first-order chi connectivity index (χ1) is 15.6. The molecule has 2 amide bonds. The van der Waals surface area contributed by atoms with E-state index in [0.717, 1.165) is 53.3 Å². The average molecular weight is 447 g/mol. The van der Waals surface area contributed by atoms with Crippen molar-refractivity contribution in [2.75, 3.05) is 12.4 Å². The van der Waals surface area contributed by atoms with Crippen LogP contribution in [0.2, 0.25) is 0 Å². The number of rotatable bonds is 3. The lowest BCUT2D eigenvalue weighted by molar-refractivity contribution is 0.0963. The summed E-state index contributed by atoms with van der Waals surface area (Å²) >= 11 is 1.43. The van der Waals surface area contributed by atoms with Gasteiger partial charge < -0.3 is 15.1 Å². The molecule has 0 aliphatic heterocycles. The summed E-state index contributed by atoms with van der Waals surface area (Å²) in [6.07, 6.45) is 4.92. The first kappa shape index (κ1) is 20.5. The van der Waals surface area contributed by atoms with Gasteiger partial charge in [0.15, 0.2) is 0 Å². The molecular weight excluding hydrogens is 424 g/mol. The Bertz CT molecular complexity index is 1430. The summed E-state index contributed by atoms with van der Waals surface area (Å²) in [7, 11) is 1.58. The molecule has 0 bridgehead atoms. The number of fused-ring (bicyclic) bond motifs is 4. The molecule has 4 aromatic rings. The van der Waals surface area contributed by atoms with Gasteiger partial charge in [0.1, 0.15) is 16.1 Å². The molecule has 0 atom stereocenters. The minimum atomic E-state index is -0.704. The van der Waals surface area contributed by atoms with Crippen molar-refractivity contribution in [3.8, 4) is 0 Å². The predicted octanol–water partition coefficient (Wildman–Crippen LogP) is 4.89. The molecule has 1 aliphatic carbocycles. The van der Waals surface area contributed by atoms with E-state index < -0.39 is 11.5 Å². The molecule has 7 heteroatoms. The Kier molecular flexibility index (Phi) is 5.27. The number of aryl methyl sites for hydroxylation is 1. The Hall–Kier alpha value is -3.45. The summed E-state index contributed by atoms with van der Waals surface area (Å²) in [5.41, 5.74) is 1.17. The maximum absolute atomic E-state index is 13.2. The Balaban J connectivity index is 1.58. The third-order valence-electron chi connectivity index (χ3n) is 5.99. The number of benzene rings is 2. The molecule has 0 unspecified atom stereocenters. The maximum atomic E-state index is 13.2. The van der Waals surface area contributed by atoms with E-state index in [4.69, 9.17) is 4.42 Å². The number of nitrogens with one attached hydrogen (secondary N) is 2. The standard InChI is InChI=1S/C25H22N2O4S/c1-26-23(29)21-16-9-3-2-4-10-20(16)32-24(21)27-22(28)18-13-17-15-8-6-5-7-14(15)11-12-19(17)31-25(18)30/h5-8,11-13H,2-4,9-10H2,1H3,(H,26,29)(H,27,28). The van der Waals surface area contributed by atoms with E-state index >= 15 is 0 Å². The molecule has 2 aromatic carbocycles. The van der Waals surface area contributed by atoms with Gasteiger partial charge in [-0.05, 0) is 54.2 Å². The fourth-order valence-corrected chi connectivity index (χ4v) is 5.68. The molecule has 0 radical (unpaired) electrons. The van der Waals surface area contributed by atoms with Crippen LogP contribution in [0.3, 0.4) is 0 Å². The fraction of sp³-hybridized carbons (Fsp3) is 0.240. The minimum Gasteiger partial charge on any atom is -0.422 e. The van der Waals surface area contributed by atoms with Crippen LogP contribution in [0.4, 0.5) is 5.00 Å². The van der Waals surface area contributed by atoms with Crippen molar-refractivity contribution in [1.82, 2.24) is 5.32 Å². The van der Waals surface area contributed by atoms with Gasteiger partial charge in [-0.15, -0.1) is 11.3 Å². The van der Waals surface area contributed by atoms with E-state index in [9.17, 15) is 14.4 Å². The highest BCUT2D eigenvalue weighted by Crippen LogP contribution is 2.37. The van der Waals surface area contributed by atoms with Crippen LogP contribution in [0.5, 0.6) is 0 Å². The molecule has 0 saturated heterocycles. The van der Waals surface area contributed by atoms with Crippen molar-refractivity contribution in [2.24, 2.45) is 0 Å². The van der Waals surface area contributed by atoms with E-state index in [1.165, 1.54) is 11.3 Å². The molecule has 0 saturated carbocycles. The molecule has 2 aromatic heterocycles. The number of hydrogen-bond acceptors (Lipinski definition) is 5. The topological polar surface area (TPSA) is 88.4 Å². The summed E-state index contributed by atoms with van der Waals surface area (Å²) in [5.74, 6) is -0.800. The maximum Gasteiger partial charge on any atom is 0.349 e. The molecule has 32 heavy (non-hydrogen) atoms. The molecule has 2 heterocycles. The van der Waals surface area contributed by atoms with Gasteiger partial charge >= 0.3 is 5.63 Å². The first-order valence-corrected chi connectivity index (χ1v) is 11.5. The van der Waals surface area contributed by atoms with E-state index in [-0.39, 0.29) is 11.5 Å². The summed E-state index contributed by atoms with van der Waals surface area (Å²) < 4.78 is 5.46. The summed E-state index contributed by atoms with van der Waals surface area (Å²) in [6.45, 7) is 0. The van der Waals surface area contributed by atoms with Crippen molar-refractivity contribution >= 4 is 49.9 Å². The summed E-state index contributed by atoms with van der Waals surface area (Å²) in [4.78, 5) is 39.6. The van der Waals surface area contributed by atoms with Crippen LogP contribution < -0.4 is 16.3 Å². The van der Waals surface area contributed by atoms with Crippen LogP contribution >= 0.6 is 11.3 Å². The highest BCUT2D eigenvalue weighted by atomic mass is 32.1. The number of anilines is 1. The van der Waals surface area contributed by atoms with Crippen LogP contribution in [0, 0.1) is 0 Å². The SMILES string of the molecule is CNC(=O)c1c(NC(=O)c2cc3c(ccc4ccccc43)oc2=O)sc2c1CCCCC2. The van der Waals surface area contributed by atoms with Crippen molar-refractivity contribution in [3.05, 3.63) is 74.5 Å². The molecule has 6 nitrogen and oxygen atoms in total. The van der Waals surface area contributed by atoms with E-state index in [1.807, 2.05) is 30.3 Å². The lowest BCUT2D eigenvalue weighted by Crippen LogP contribution is -2.24. The zero-order chi connectivity index (χ0) is 22.2. The third-order valence-corrected chi connectivity index (χ3v) is 7.20. The van der Waals surface area contributed by atoms with Crippen molar-refractivity contribution < 1.29 is 14.0 Å². The van der Waals surface area contributed by atoms with Gasteiger partial charge in [0.25, 0.3) is 11.8 Å².